The highest BCUT2D eigenvalue weighted by Crippen LogP contribution is 2.19. The highest BCUT2D eigenvalue weighted by molar-refractivity contribution is 7.99. The number of nitrogens with two attached hydrogens (primary N) is 1. The van der Waals surface area contributed by atoms with Crippen LogP contribution in [0.25, 0.3) is 0 Å². The molecule has 1 saturated heterocycles. The molecule has 1 rings (SSSR count). The molecular formula is C12H25N3OS. The number of carbonyl (C=O) groups excluding carboxylic acids is 1. The van der Waals surface area contributed by atoms with Crippen LogP contribution in [0.4, 0.5) is 0 Å². The smallest absolute Gasteiger partial charge is 0.221 e. The average molecular weight is 259 g/mol. The van der Waals surface area contributed by atoms with E-state index >= 15 is 0 Å². The third kappa shape index (κ3) is 4.85. The molecule has 4 nitrogen and oxygen atoms in total. The van der Waals surface area contributed by atoms with Crippen LogP contribution in [-0.4, -0.2) is 54.0 Å². The predicted octanol–water partition coefficient (Wildman–Crippen LogP) is 0.667. The first-order valence-electron chi connectivity index (χ1n) is 6.49. The van der Waals surface area contributed by atoms with E-state index in [9.17, 15) is 4.79 Å². The fourth-order valence-electron chi connectivity index (χ4n) is 2.17. The molecule has 5 heteroatoms. The number of hydrogen-bond donors (Lipinski definition) is 2. The maximum absolute atomic E-state index is 11.7. The monoisotopic (exact) mass is 259 g/mol. The molecule has 0 aromatic heterocycles. The van der Waals surface area contributed by atoms with Gasteiger partial charge in [-0.2, -0.15) is 11.8 Å². The standard InChI is InChI=1S/C12H25N3OS/c1-3-4-14-12(16)7-11(8-13)15-5-6-17-9-10(15)2/h10-11H,3-9,13H2,1-2H3,(H,14,16). The molecule has 2 atom stereocenters. The Morgan fingerprint density at radius 3 is 3.00 bits per heavy atom. The molecule has 2 unspecified atom stereocenters. The van der Waals surface area contributed by atoms with Gasteiger partial charge in [0.1, 0.15) is 0 Å². The van der Waals surface area contributed by atoms with Gasteiger partial charge in [0.2, 0.25) is 5.91 Å². The maximum Gasteiger partial charge on any atom is 0.221 e. The Bertz CT molecular complexity index is 238. The summed E-state index contributed by atoms with van der Waals surface area (Å²) >= 11 is 1.98. The van der Waals surface area contributed by atoms with Crippen molar-refractivity contribution in [3.8, 4) is 0 Å². The normalized spacial score (nSPS) is 23.4. The number of thioether (sulfide) groups is 1. The van der Waals surface area contributed by atoms with Gasteiger partial charge in [0, 0.05) is 49.6 Å². The van der Waals surface area contributed by atoms with Gasteiger partial charge in [-0.1, -0.05) is 6.92 Å². The van der Waals surface area contributed by atoms with Crippen molar-refractivity contribution >= 4 is 17.7 Å². The molecule has 0 bridgehead atoms. The van der Waals surface area contributed by atoms with Crippen LogP contribution in [0.15, 0.2) is 0 Å². The summed E-state index contributed by atoms with van der Waals surface area (Å²) < 4.78 is 0. The van der Waals surface area contributed by atoms with E-state index in [1.807, 2.05) is 11.8 Å². The van der Waals surface area contributed by atoms with Gasteiger partial charge < -0.3 is 11.1 Å². The SMILES string of the molecule is CCCNC(=O)CC(CN)N1CCSCC1C. The van der Waals surface area contributed by atoms with Crippen molar-refractivity contribution in [1.29, 1.82) is 0 Å². The quantitative estimate of drug-likeness (QED) is 0.736. The van der Waals surface area contributed by atoms with E-state index in [1.165, 1.54) is 0 Å². The Kier molecular flexibility index (Phi) is 6.92. The first kappa shape index (κ1) is 14.8. The third-order valence-corrected chi connectivity index (χ3v) is 4.34. The van der Waals surface area contributed by atoms with E-state index < -0.39 is 0 Å². The summed E-state index contributed by atoms with van der Waals surface area (Å²) in [6, 6.07) is 0.726. The summed E-state index contributed by atoms with van der Waals surface area (Å²) in [4.78, 5) is 14.1. The second-order valence-electron chi connectivity index (χ2n) is 4.61. The molecule has 100 valence electrons. The van der Waals surface area contributed by atoms with Gasteiger partial charge >= 0.3 is 0 Å². The van der Waals surface area contributed by atoms with E-state index in [0.717, 1.165) is 31.0 Å². The number of nitrogens with zero attached hydrogens (tertiary/aromatic N) is 1. The van der Waals surface area contributed by atoms with Crippen molar-refractivity contribution in [2.45, 2.75) is 38.8 Å². The largest absolute Gasteiger partial charge is 0.356 e. The van der Waals surface area contributed by atoms with E-state index in [0.29, 0.717) is 19.0 Å². The predicted molar refractivity (Wildman–Crippen MR) is 74.3 cm³/mol. The van der Waals surface area contributed by atoms with Crippen LogP contribution in [0.3, 0.4) is 0 Å². The molecule has 1 aliphatic heterocycles. The molecule has 17 heavy (non-hydrogen) atoms. The molecule has 0 spiro atoms. The number of nitrogens with one attached hydrogen (secondary N) is 1. The molecule has 0 radical (unpaired) electrons. The second kappa shape index (κ2) is 7.95. The van der Waals surface area contributed by atoms with Crippen LogP contribution in [0.5, 0.6) is 0 Å². The molecule has 0 saturated carbocycles. The molecule has 1 heterocycles. The van der Waals surface area contributed by atoms with Gasteiger partial charge in [0.15, 0.2) is 0 Å². The van der Waals surface area contributed by atoms with Gasteiger partial charge in [-0.05, 0) is 13.3 Å². The maximum atomic E-state index is 11.7. The second-order valence-corrected chi connectivity index (χ2v) is 5.76. The van der Waals surface area contributed by atoms with Crippen molar-refractivity contribution < 1.29 is 4.79 Å². The summed E-state index contributed by atoms with van der Waals surface area (Å²) in [6.45, 7) is 6.66. The zero-order valence-electron chi connectivity index (χ0n) is 10.9. The fraction of sp³-hybridized carbons (Fsp3) is 0.917. The molecular weight excluding hydrogens is 234 g/mol. The van der Waals surface area contributed by atoms with Gasteiger partial charge in [0.05, 0.1) is 0 Å². The Labute approximate surface area is 109 Å². The van der Waals surface area contributed by atoms with E-state index in [4.69, 9.17) is 5.73 Å². The summed E-state index contributed by atoms with van der Waals surface area (Å²) in [7, 11) is 0. The number of rotatable bonds is 6. The number of amides is 1. The topological polar surface area (TPSA) is 58.4 Å². The lowest BCUT2D eigenvalue weighted by molar-refractivity contribution is -0.122. The highest BCUT2D eigenvalue weighted by Gasteiger charge is 2.26. The van der Waals surface area contributed by atoms with Gasteiger partial charge in [-0.15, -0.1) is 0 Å². The summed E-state index contributed by atoms with van der Waals surface area (Å²) in [5.74, 6) is 2.43. The molecule has 1 amide bonds. The molecule has 3 N–H and O–H groups in total. The summed E-state index contributed by atoms with van der Waals surface area (Å²) in [6.07, 6.45) is 1.52. The van der Waals surface area contributed by atoms with Gasteiger partial charge in [-0.3, -0.25) is 9.69 Å². The zero-order chi connectivity index (χ0) is 12.7. The Morgan fingerprint density at radius 1 is 1.65 bits per heavy atom. The minimum atomic E-state index is 0.132. The van der Waals surface area contributed by atoms with Crippen molar-refractivity contribution in [1.82, 2.24) is 10.2 Å². The van der Waals surface area contributed by atoms with Crippen LogP contribution in [0.2, 0.25) is 0 Å². The summed E-state index contributed by atoms with van der Waals surface area (Å²) in [5.41, 5.74) is 5.81. The van der Waals surface area contributed by atoms with Crippen LogP contribution in [-0.2, 0) is 4.79 Å². The van der Waals surface area contributed by atoms with E-state index in [1.54, 1.807) is 0 Å². The van der Waals surface area contributed by atoms with Crippen LogP contribution >= 0.6 is 11.8 Å². The first-order chi connectivity index (χ1) is 8.19. The highest BCUT2D eigenvalue weighted by atomic mass is 32.2. The van der Waals surface area contributed by atoms with Crippen molar-refractivity contribution in [3.63, 3.8) is 0 Å². The van der Waals surface area contributed by atoms with E-state index in [-0.39, 0.29) is 11.9 Å². The Morgan fingerprint density at radius 2 is 2.41 bits per heavy atom. The van der Waals surface area contributed by atoms with Crippen molar-refractivity contribution in [2.24, 2.45) is 5.73 Å². The number of carbonyl (C=O) groups is 1. The van der Waals surface area contributed by atoms with E-state index in [2.05, 4.69) is 24.1 Å². The van der Waals surface area contributed by atoms with Crippen LogP contribution in [0.1, 0.15) is 26.7 Å². The Hall–Kier alpha value is -0.260. The minimum Gasteiger partial charge on any atom is -0.356 e. The lowest BCUT2D eigenvalue weighted by Gasteiger charge is -2.38. The van der Waals surface area contributed by atoms with Gasteiger partial charge in [-0.25, -0.2) is 0 Å². The molecule has 1 fully saturated rings. The lowest BCUT2D eigenvalue weighted by atomic mass is 10.1. The zero-order valence-corrected chi connectivity index (χ0v) is 11.8. The number of hydrogen-bond acceptors (Lipinski definition) is 4. The lowest BCUT2D eigenvalue weighted by Crippen LogP contribution is -2.51. The Balaban J connectivity index is 2.43. The first-order valence-corrected chi connectivity index (χ1v) is 7.64. The van der Waals surface area contributed by atoms with Gasteiger partial charge in [0.25, 0.3) is 0 Å². The summed E-state index contributed by atoms with van der Waals surface area (Å²) in [5, 5.41) is 2.92. The minimum absolute atomic E-state index is 0.132. The molecule has 0 aliphatic carbocycles. The van der Waals surface area contributed by atoms with Crippen molar-refractivity contribution in [3.05, 3.63) is 0 Å². The third-order valence-electron chi connectivity index (χ3n) is 3.15. The molecule has 1 aliphatic rings. The van der Waals surface area contributed by atoms with Crippen LogP contribution < -0.4 is 11.1 Å². The average Bonchev–Trinajstić information content (AvgIpc) is 2.34. The van der Waals surface area contributed by atoms with Crippen LogP contribution in [0, 0.1) is 0 Å². The fourth-order valence-corrected chi connectivity index (χ4v) is 3.21. The molecule has 0 aromatic carbocycles. The molecule has 0 aromatic rings. The van der Waals surface area contributed by atoms with Crippen molar-refractivity contribution in [2.75, 3.05) is 31.1 Å².